The molecule has 0 aliphatic carbocycles. The summed E-state index contributed by atoms with van der Waals surface area (Å²) in [4.78, 5) is 27.0. The molecule has 1 aliphatic heterocycles. The summed E-state index contributed by atoms with van der Waals surface area (Å²) in [6.45, 7) is 4.74. The van der Waals surface area contributed by atoms with Gasteiger partial charge >= 0.3 is 0 Å². The van der Waals surface area contributed by atoms with Crippen LogP contribution in [0.4, 0.5) is 16.5 Å². The van der Waals surface area contributed by atoms with Gasteiger partial charge < -0.3 is 4.90 Å². The molecule has 0 radical (unpaired) electrons. The lowest BCUT2D eigenvalue weighted by Gasteiger charge is -2.36. The third kappa shape index (κ3) is 4.09. The minimum Gasteiger partial charge on any atom is -0.363 e. The summed E-state index contributed by atoms with van der Waals surface area (Å²) in [6, 6.07) is 5.11. The summed E-state index contributed by atoms with van der Waals surface area (Å²) in [5.41, 5.74) is 3.24. The SMILES string of the molecule is Cc1cccc([N+](=O)[O-])c1N1CCN(CC(=O)Nc2nncs2)CC1. The number of benzene rings is 1. The van der Waals surface area contributed by atoms with E-state index in [4.69, 9.17) is 0 Å². The molecule has 0 unspecified atom stereocenters. The lowest BCUT2D eigenvalue weighted by Crippen LogP contribution is -2.49. The average Bonchev–Trinajstić information content (AvgIpc) is 3.08. The highest BCUT2D eigenvalue weighted by Crippen LogP contribution is 2.32. The fraction of sp³-hybridized carbons (Fsp3) is 0.400. The molecule has 1 fully saturated rings. The topological polar surface area (TPSA) is 104 Å². The number of rotatable bonds is 5. The molecule has 2 aromatic rings. The normalized spacial score (nSPS) is 15.2. The lowest BCUT2D eigenvalue weighted by atomic mass is 10.1. The van der Waals surface area contributed by atoms with Gasteiger partial charge in [-0.3, -0.25) is 25.1 Å². The first kappa shape index (κ1) is 17.2. The molecule has 9 nitrogen and oxygen atoms in total. The summed E-state index contributed by atoms with van der Waals surface area (Å²) in [6.07, 6.45) is 0. The van der Waals surface area contributed by atoms with Crippen molar-refractivity contribution in [3.8, 4) is 0 Å². The van der Waals surface area contributed by atoms with E-state index in [1.54, 1.807) is 11.6 Å². The van der Waals surface area contributed by atoms with Gasteiger partial charge in [0.2, 0.25) is 11.0 Å². The smallest absolute Gasteiger partial charge is 0.292 e. The van der Waals surface area contributed by atoms with Gasteiger partial charge in [0, 0.05) is 32.2 Å². The van der Waals surface area contributed by atoms with E-state index in [1.807, 2.05) is 22.8 Å². The Labute approximate surface area is 148 Å². The average molecular weight is 362 g/mol. The molecular formula is C15H18N6O3S. The van der Waals surface area contributed by atoms with E-state index in [0.29, 0.717) is 37.0 Å². The summed E-state index contributed by atoms with van der Waals surface area (Å²) >= 11 is 1.27. The third-order valence-corrected chi connectivity index (χ3v) is 4.68. The molecule has 0 bridgehead atoms. The van der Waals surface area contributed by atoms with Crippen molar-refractivity contribution in [2.75, 3.05) is 42.9 Å². The van der Waals surface area contributed by atoms with Crippen LogP contribution in [0.1, 0.15) is 5.56 Å². The molecular weight excluding hydrogens is 344 g/mol. The van der Waals surface area contributed by atoms with Crippen molar-refractivity contribution in [3.63, 3.8) is 0 Å². The molecule has 1 saturated heterocycles. The van der Waals surface area contributed by atoms with Crippen molar-refractivity contribution in [3.05, 3.63) is 39.4 Å². The number of hydrogen-bond donors (Lipinski definition) is 1. The first-order chi connectivity index (χ1) is 12.0. The van der Waals surface area contributed by atoms with Crippen LogP contribution in [0.2, 0.25) is 0 Å². The van der Waals surface area contributed by atoms with E-state index >= 15 is 0 Å². The van der Waals surface area contributed by atoms with Crippen LogP contribution in [0.3, 0.4) is 0 Å². The number of nitrogens with one attached hydrogen (secondary N) is 1. The van der Waals surface area contributed by atoms with E-state index in [-0.39, 0.29) is 23.1 Å². The number of nitro groups is 1. The van der Waals surface area contributed by atoms with Crippen LogP contribution in [0.15, 0.2) is 23.7 Å². The Hall–Kier alpha value is -2.59. The molecule has 132 valence electrons. The van der Waals surface area contributed by atoms with Crippen LogP contribution in [-0.2, 0) is 4.79 Å². The van der Waals surface area contributed by atoms with E-state index in [1.165, 1.54) is 17.4 Å². The van der Waals surface area contributed by atoms with Gasteiger partial charge in [-0.1, -0.05) is 23.5 Å². The first-order valence-electron chi connectivity index (χ1n) is 7.82. The summed E-state index contributed by atoms with van der Waals surface area (Å²) < 4.78 is 0. The molecule has 25 heavy (non-hydrogen) atoms. The van der Waals surface area contributed by atoms with Crippen molar-refractivity contribution >= 4 is 33.8 Å². The highest BCUT2D eigenvalue weighted by molar-refractivity contribution is 7.13. The molecule has 2 heterocycles. The van der Waals surface area contributed by atoms with Gasteiger partial charge in [0.1, 0.15) is 11.2 Å². The molecule has 0 saturated carbocycles. The second-order valence-electron chi connectivity index (χ2n) is 5.76. The Balaban J connectivity index is 1.59. The summed E-state index contributed by atoms with van der Waals surface area (Å²) in [5, 5.41) is 21.9. The van der Waals surface area contributed by atoms with E-state index in [9.17, 15) is 14.9 Å². The largest absolute Gasteiger partial charge is 0.363 e. The fourth-order valence-corrected chi connectivity index (χ4v) is 3.38. The van der Waals surface area contributed by atoms with Crippen LogP contribution in [-0.4, -0.2) is 58.7 Å². The van der Waals surface area contributed by atoms with Gasteiger partial charge in [-0.05, 0) is 12.5 Å². The predicted molar refractivity (Wildman–Crippen MR) is 95.0 cm³/mol. The third-order valence-electron chi connectivity index (χ3n) is 4.08. The number of anilines is 2. The Morgan fingerprint density at radius 3 is 2.76 bits per heavy atom. The van der Waals surface area contributed by atoms with Gasteiger partial charge in [-0.25, -0.2) is 0 Å². The number of piperazine rings is 1. The van der Waals surface area contributed by atoms with Crippen molar-refractivity contribution in [1.82, 2.24) is 15.1 Å². The number of amides is 1. The lowest BCUT2D eigenvalue weighted by molar-refractivity contribution is -0.384. The van der Waals surface area contributed by atoms with Gasteiger partial charge in [-0.2, -0.15) is 0 Å². The number of carbonyl (C=O) groups excluding carboxylic acids is 1. The molecule has 1 N–H and O–H groups in total. The minimum atomic E-state index is -0.343. The van der Waals surface area contributed by atoms with Gasteiger partial charge in [0.05, 0.1) is 11.5 Å². The number of aromatic nitrogens is 2. The number of aryl methyl sites for hydroxylation is 1. The number of hydrogen-bond acceptors (Lipinski definition) is 8. The molecule has 0 spiro atoms. The second kappa shape index (κ2) is 7.53. The van der Waals surface area contributed by atoms with E-state index < -0.39 is 0 Å². The predicted octanol–water partition coefficient (Wildman–Crippen LogP) is 1.52. The molecule has 1 aromatic carbocycles. The van der Waals surface area contributed by atoms with Gasteiger partial charge in [0.25, 0.3) is 5.69 Å². The number of carbonyl (C=O) groups is 1. The van der Waals surface area contributed by atoms with Crippen LogP contribution in [0.25, 0.3) is 0 Å². The van der Waals surface area contributed by atoms with Crippen molar-refractivity contribution in [2.45, 2.75) is 6.92 Å². The quantitative estimate of drug-likeness (QED) is 0.635. The van der Waals surface area contributed by atoms with Gasteiger partial charge in [-0.15, -0.1) is 10.2 Å². The van der Waals surface area contributed by atoms with Crippen LogP contribution < -0.4 is 10.2 Å². The van der Waals surface area contributed by atoms with E-state index in [0.717, 1.165) is 5.56 Å². The standard InChI is InChI=1S/C15H18N6O3S/c1-11-3-2-4-12(21(23)24)14(11)20-7-5-19(6-8-20)9-13(22)17-15-18-16-10-25-15/h2-4,10H,5-9H2,1H3,(H,17,18,22). The van der Waals surface area contributed by atoms with Gasteiger partial charge in [0.15, 0.2) is 0 Å². The maximum Gasteiger partial charge on any atom is 0.292 e. The zero-order valence-corrected chi connectivity index (χ0v) is 14.5. The van der Waals surface area contributed by atoms with E-state index in [2.05, 4.69) is 15.5 Å². The Kier molecular flexibility index (Phi) is 5.19. The molecule has 0 atom stereocenters. The second-order valence-corrected chi connectivity index (χ2v) is 6.59. The number of nitro benzene ring substituents is 1. The van der Waals surface area contributed by atoms with Crippen molar-refractivity contribution in [1.29, 1.82) is 0 Å². The molecule has 1 aromatic heterocycles. The molecule has 1 amide bonds. The summed E-state index contributed by atoms with van der Waals surface area (Å²) in [7, 11) is 0. The monoisotopic (exact) mass is 362 g/mol. The number of para-hydroxylation sites is 1. The highest BCUT2D eigenvalue weighted by Gasteiger charge is 2.25. The zero-order chi connectivity index (χ0) is 17.8. The van der Waals surface area contributed by atoms with Crippen molar-refractivity contribution < 1.29 is 9.72 Å². The minimum absolute atomic E-state index is 0.127. The zero-order valence-electron chi connectivity index (χ0n) is 13.7. The molecule has 1 aliphatic rings. The fourth-order valence-electron chi connectivity index (χ4n) is 2.92. The molecule has 3 rings (SSSR count). The van der Waals surface area contributed by atoms with Crippen LogP contribution in [0.5, 0.6) is 0 Å². The Morgan fingerprint density at radius 1 is 1.36 bits per heavy atom. The van der Waals surface area contributed by atoms with Crippen LogP contribution in [0, 0.1) is 17.0 Å². The summed E-state index contributed by atoms with van der Waals surface area (Å²) in [5.74, 6) is -0.132. The van der Waals surface area contributed by atoms with Crippen molar-refractivity contribution in [2.24, 2.45) is 0 Å². The van der Waals surface area contributed by atoms with Crippen LogP contribution >= 0.6 is 11.3 Å². The first-order valence-corrected chi connectivity index (χ1v) is 8.70. The Morgan fingerprint density at radius 2 is 2.12 bits per heavy atom. The number of nitrogens with zero attached hydrogens (tertiary/aromatic N) is 5. The maximum absolute atomic E-state index is 12.0. The highest BCUT2D eigenvalue weighted by atomic mass is 32.1. The maximum atomic E-state index is 12.0. The Bertz CT molecular complexity index is 759. The molecule has 10 heteroatoms.